The van der Waals surface area contributed by atoms with Gasteiger partial charge in [-0.1, -0.05) is 42.5 Å². The first kappa shape index (κ1) is 12.1. The molecule has 0 fully saturated rings. The second-order valence-electron chi connectivity index (χ2n) is 3.80. The van der Waals surface area contributed by atoms with Gasteiger partial charge >= 0.3 is 0 Å². The lowest BCUT2D eigenvalue weighted by Gasteiger charge is -2.15. The fourth-order valence-electron chi connectivity index (χ4n) is 1.87. The molecule has 17 heavy (non-hydrogen) atoms. The summed E-state index contributed by atoms with van der Waals surface area (Å²) in [6.45, 7) is 0. The number of thioether (sulfide) groups is 1. The molecule has 2 rings (SSSR count). The Labute approximate surface area is 107 Å². The minimum absolute atomic E-state index is 0.391. The molecular formula is C15H16OS. The Bertz CT molecular complexity index is 450. The van der Waals surface area contributed by atoms with E-state index in [0.29, 0.717) is 5.25 Å². The van der Waals surface area contributed by atoms with E-state index in [1.807, 2.05) is 23.9 Å². The van der Waals surface area contributed by atoms with Crippen LogP contribution in [0.25, 0.3) is 0 Å². The molecular weight excluding hydrogens is 228 g/mol. The Hall–Kier alpha value is -1.41. The van der Waals surface area contributed by atoms with Gasteiger partial charge in [0, 0.05) is 0 Å². The average Bonchev–Trinajstić information content (AvgIpc) is 2.42. The van der Waals surface area contributed by atoms with Crippen LogP contribution in [0, 0.1) is 0 Å². The smallest absolute Gasteiger partial charge is 0.118 e. The second kappa shape index (κ2) is 5.78. The third kappa shape index (κ3) is 2.83. The number of rotatable bonds is 4. The van der Waals surface area contributed by atoms with E-state index in [2.05, 4.69) is 48.7 Å². The van der Waals surface area contributed by atoms with E-state index in [1.165, 1.54) is 11.1 Å². The lowest BCUT2D eigenvalue weighted by molar-refractivity contribution is 0.414. The van der Waals surface area contributed by atoms with E-state index in [9.17, 15) is 0 Å². The Morgan fingerprint density at radius 2 is 1.47 bits per heavy atom. The van der Waals surface area contributed by atoms with Crippen molar-refractivity contribution in [2.45, 2.75) is 5.25 Å². The normalized spacial score (nSPS) is 12.1. The predicted molar refractivity (Wildman–Crippen MR) is 74.8 cm³/mol. The maximum absolute atomic E-state index is 5.18. The van der Waals surface area contributed by atoms with Crippen LogP contribution in [0.5, 0.6) is 5.75 Å². The zero-order chi connectivity index (χ0) is 12.1. The summed E-state index contributed by atoms with van der Waals surface area (Å²) in [5.74, 6) is 0.904. The van der Waals surface area contributed by atoms with Crippen molar-refractivity contribution in [3.05, 3.63) is 65.7 Å². The van der Waals surface area contributed by atoms with Crippen LogP contribution in [0.2, 0.25) is 0 Å². The summed E-state index contributed by atoms with van der Waals surface area (Å²) >= 11 is 1.85. The summed E-state index contributed by atoms with van der Waals surface area (Å²) in [6, 6.07) is 18.9. The lowest BCUT2D eigenvalue weighted by atomic mass is 10.0. The van der Waals surface area contributed by atoms with Crippen molar-refractivity contribution in [3.8, 4) is 5.75 Å². The summed E-state index contributed by atoms with van der Waals surface area (Å²) in [4.78, 5) is 0. The van der Waals surface area contributed by atoms with Crippen LogP contribution >= 0.6 is 11.8 Å². The fourth-order valence-corrected chi connectivity index (χ4v) is 2.73. The number of hydrogen-bond donors (Lipinski definition) is 0. The number of ether oxygens (including phenoxy) is 1. The van der Waals surface area contributed by atoms with Crippen LogP contribution in [0.3, 0.4) is 0 Å². The largest absolute Gasteiger partial charge is 0.497 e. The summed E-state index contributed by atoms with van der Waals surface area (Å²) in [7, 11) is 1.69. The van der Waals surface area contributed by atoms with Gasteiger partial charge in [0.1, 0.15) is 5.75 Å². The highest BCUT2D eigenvalue weighted by Crippen LogP contribution is 2.34. The van der Waals surface area contributed by atoms with E-state index < -0.39 is 0 Å². The molecule has 0 aliphatic heterocycles. The molecule has 0 heterocycles. The molecule has 0 saturated carbocycles. The molecule has 0 N–H and O–H groups in total. The highest BCUT2D eigenvalue weighted by atomic mass is 32.2. The molecule has 0 amide bonds. The van der Waals surface area contributed by atoms with Crippen molar-refractivity contribution >= 4 is 11.8 Å². The Morgan fingerprint density at radius 1 is 0.882 bits per heavy atom. The first-order valence-electron chi connectivity index (χ1n) is 5.57. The zero-order valence-corrected chi connectivity index (χ0v) is 10.9. The van der Waals surface area contributed by atoms with Gasteiger partial charge in [0.15, 0.2) is 0 Å². The molecule has 0 radical (unpaired) electrons. The first-order chi connectivity index (χ1) is 8.35. The maximum atomic E-state index is 5.18. The monoisotopic (exact) mass is 244 g/mol. The SMILES string of the molecule is COc1ccc(C(SC)c2ccccc2)cc1. The van der Waals surface area contributed by atoms with E-state index in [-0.39, 0.29) is 0 Å². The van der Waals surface area contributed by atoms with Crippen LogP contribution in [0.4, 0.5) is 0 Å². The van der Waals surface area contributed by atoms with Crippen molar-refractivity contribution in [2.75, 3.05) is 13.4 Å². The van der Waals surface area contributed by atoms with Gasteiger partial charge in [-0.3, -0.25) is 0 Å². The Kier molecular flexibility index (Phi) is 4.10. The molecule has 2 aromatic rings. The van der Waals surface area contributed by atoms with Crippen molar-refractivity contribution in [3.63, 3.8) is 0 Å². The standard InChI is InChI=1S/C15H16OS/c1-16-14-10-8-13(9-11-14)15(17-2)12-6-4-3-5-7-12/h3-11,15H,1-2H3. The second-order valence-corrected chi connectivity index (χ2v) is 4.74. The quantitative estimate of drug-likeness (QED) is 0.799. The van der Waals surface area contributed by atoms with Gasteiger partial charge in [-0.25, -0.2) is 0 Å². The van der Waals surface area contributed by atoms with Crippen LogP contribution < -0.4 is 4.74 Å². The molecule has 0 aliphatic rings. The molecule has 1 nitrogen and oxygen atoms in total. The molecule has 0 aliphatic carbocycles. The van der Waals surface area contributed by atoms with Gasteiger partial charge in [-0.05, 0) is 29.5 Å². The molecule has 88 valence electrons. The minimum atomic E-state index is 0.391. The van der Waals surface area contributed by atoms with Gasteiger partial charge in [-0.2, -0.15) is 11.8 Å². The third-order valence-electron chi connectivity index (χ3n) is 2.76. The van der Waals surface area contributed by atoms with E-state index in [1.54, 1.807) is 7.11 Å². The molecule has 2 aromatic carbocycles. The lowest BCUT2D eigenvalue weighted by Crippen LogP contribution is -1.95. The van der Waals surface area contributed by atoms with Crippen LogP contribution in [0.15, 0.2) is 54.6 Å². The molecule has 2 heteroatoms. The predicted octanol–water partition coefficient (Wildman–Crippen LogP) is 4.15. The van der Waals surface area contributed by atoms with Crippen molar-refractivity contribution in [1.29, 1.82) is 0 Å². The minimum Gasteiger partial charge on any atom is -0.497 e. The number of benzene rings is 2. The first-order valence-corrected chi connectivity index (χ1v) is 6.85. The highest BCUT2D eigenvalue weighted by molar-refractivity contribution is 7.99. The zero-order valence-electron chi connectivity index (χ0n) is 10.1. The van der Waals surface area contributed by atoms with Crippen molar-refractivity contribution in [2.24, 2.45) is 0 Å². The third-order valence-corrected chi connectivity index (χ3v) is 3.77. The average molecular weight is 244 g/mol. The van der Waals surface area contributed by atoms with Gasteiger partial charge in [0.2, 0.25) is 0 Å². The molecule has 1 unspecified atom stereocenters. The molecule has 0 spiro atoms. The van der Waals surface area contributed by atoms with Gasteiger partial charge in [-0.15, -0.1) is 0 Å². The summed E-state index contributed by atoms with van der Waals surface area (Å²) < 4.78 is 5.18. The van der Waals surface area contributed by atoms with Crippen molar-refractivity contribution in [1.82, 2.24) is 0 Å². The molecule has 0 saturated heterocycles. The van der Waals surface area contributed by atoms with Crippen molar-refractivity contribution < 1.29 is 4.74 Å². The van der Waals surface area contributed by atoms with E-state index >= 15 is 0 Å². The van der Waals surface area contributed by atoms with Crippen LogP contribution in [0.1, 0.15) is 16.4 Å². The van der Waals surface area contributed by atoms with Crippen LogP contribution in [-0.2, 0) is 0 Å². The summed E-state index contributed by atoms with van der Waals surface area (Å²) in [5.41, 5.74) is 2.65. The van der Waals surface area contributed by atoms with Crippen LogP contribution in [-0.4, -0.2) is 13.4 Å². The Balaban J connectivity index is 2.29. The molecule has 1 atom stereocenters. The van der Waals surface area contributed by atoms with Gasteiger partial charge < -0.3 is 4.74 Å². The molecule has 0 aromatic heterocycles. The fraction of sp³-hybridized carbons (Fsp3) is 0.200. The molecule has 0 bridgehead atoms. The maximum Gasteiger partial charge on any atom is 0.118 e. The number of hydrogen-bond acceptors (Lipinski definition) is 2. The highest BCUT2D eigenvalue weighted by Gasteiger charge is 2.11. The van der Waals surface area contributed by atoms with E-state index in [4.69, 9.17) is 4.74 Å². The summed E-state index contributed by atoms with van der Waals surface area (Å²) in [5, 5.41) is 0.391. The van der Waals surface area contributed by atoms with E-state index in [0.717, 1.165) is 5.75 Å². The van der Waals surface area contributed by atoms with Gasteiger partial charge in [0.05, 0.1) is 12.4 Å². The summed E-state index contributed by atoms with van der Waals surface area (Å²) in [6.07, 6.45) is 2.14. The van der Waals surface area contributed by atoms with Gasteiger partial charge in [0.25, 0.3) is 0 Å². The topological polar surface area (TPSA) is 9.23 Å². The Morgan fingerprint density at radius 3 is 2.00 bits per heavy atom. The number of methoxy groups -OCH3 is 1.